The van der Waals surface area contributed by atoms with Crippen LogP contribution in [0.3, 0.4) is 0 Å². The summed E-state index contributed by atoms with van der Waals surface area (Å²) in [6.07, 6.45) is 0.733. The molecule has 0 aliphatic rings. The molecule has 0 unspecified atom stereocenters. The predicted molar refractivity (Wildman–Crippen MR) is 60.4 cm³/mol. The largest absolute Gasteiger partial charge is 0.318 e. The van der Waals surface area contributed by atoms with Gasteiger partial charge in [-0.3, -0.25) is 0 Å². The first-order valence-corrected chi connectivity index (χ1v) is 6.87. The van der Waals surface area contributed by atoms with Crippen LogP contribution in [0.1, 0.15) is 13.3 Å². The Balaban J connectivity index is 3.54. The van der Waals surface area contributed by atoms with Gasteiger partial charge in [0.2, 0.25) is 0 Å². The number of nitrogens with zero attached hydrogens (tertiary/aromatic N) is 1. The van der Waals surface area contributed by atoms with Crippen molar-refractivity contribution in [2.45, 2.75) is 13.3 Å². The summed E-state index contributed by atoms with van der Waals surface area (Å²) in [5.41, 5.74) is 0. The molecule has 0 aliphatic heterocycles. The van der Waals surface area contributed by atoms with Crippen LogP contribution in [-0.2, 0) is 9.84 Å². The minimum atomic E-state index is -2.78. The van der Waals surface area contributed by atoms with Gasteiger partial charge in [-0.25, -0.2) is 8.42 Å². The van der Waals surface area contributed by atoms with E-state index in [1.54, 1.807) is 6.92 Å². The van der Waals surface area contributed by atoms with Crippen molar-refractivity contribution in [2.24, 2.45) is 0 Å². The monoisotopic (exact) mass is 222 g/mol. The SMILES string of the molecule is CCS(=O)(=O)CCCN(C)CCNC. The second kappa shape index (κ2) is 7.20. The zero-order valence-electron chi connectivity index (χ0n) is 9.41. The second-order valence-electron chi connectivity index (χ2n) is 3.50. The summed E-state index contributed by atoms with van der Waals surface area (Å²) in [7, 11) is 1.14. The number of nitrogens with one attached hydrogen (secondary N) is 1. The molecule has 0 aromatic heterocycles. The molecule has 0 fully saturated rings. The van der Waals surface area contributed by atoms with E-state index < -0.39 is 9.84 Å². The molecule has 14 heavy (non-hydrogen) atoms. The molecule has 0 saturated heterocycles. The van der Waals surface area contributed by atoms with Crippen molar-refractivity contribution in [1.82, 2.24) is 10.2 Å². The van der Waals surface area contributed by atoms with Crippen molar-refractivity contribution in [3.05, 3.63) is 0 Å². The summed E-state index contributed by atoms with van der Waals surface area (Å²) in [4.78, 5) is 2.14. The van der Waals surface area contributed by atoms with Crippen molar-refractivity contribution >= 4 is 9.84 Å². The van der Waals surface area contributed by atoms with Crippen molar-refractivity contribution in [2.75, 3.05) is 45.2 Å². The quantitative estimate of drug-likeness (QED) is 0.626. The lowest BCUT2D eigenvalue weighted by molar-refractivity contribution is 0.336. The maximum atomic E-state index is 11.2. The van der Waals surface area contributed by atoms with Crippen LogP contribution in [0, 0.1) is 0 Å². The van der Waals surface area contributed by atoms with Gasteiger partial charge in [-0.15, -0.1) is 0 Å². The van der Waals surface area contributed by atoms with Crippen LogP contribution in [0.15, 0.2) is 0 Å². The zero-order valence-corrected chi connectivity index (χ0v) is 10.2. The predicted octanol–water partition coefficient (Wildman–Crippen LogP) is -0.0376. The molecule has 0 aromatic rings. The average Bonchev–Trinajstić information content (AvgIpc) is 2.14. The van der Waals surface area contributed by atoms with Gasteiger partial charge in [0.15, 0.2) is 0 Å². The highest BCUT2D eigenvalue weighted by molar-refractivity contribution is 7.91. The molecule has 0 radical (unpaired) electrons. The standard InChI is InChI=1S/C9H22N2O2S/c1-4-14(12,13)9-5-7-11(3)8-6-10-2/h10H,4-9H2,1-3H3. The Labute approximate surface area is 87.6 Å². The Morgan fingerprint density at radius 1 is 1.29 bits per heavy atom. The molecule has 0 rings (SSSR count). The van der Waals surface area contributed by atoms with Crippen molar-refractivity contribution in [1.29, 1.82) is 0 Å². The Hall–Kier alpha value is -0.130. The fourth-order valence-electron chi connectivity index (χ4n) is 1.11. The molecule has 0 saturated carbocycles. The van der Waals surface area contributed by atoms with Crippen LogP contribution in [-0.4, -0.2) is 58.6 Å². The minimum absolute atomic E-state index is 0.257. The Morgan fingerprint density at radius 2 is 1.93 bits per heavy atom. The first kappa shape index (κ1) is 13.9. The number of rotatable bonds is 8. The highest BCUT2D eigenvalue weighted by Crippen LogP contribution is 1.95. The fraction of sp³-hybridized carbons (Fsp3) is 1.00. The van der Waals surface area contributed by atoms with Gasteiger partial charge < -0.3 is 10.2 Å². The van der Waals surface area contributed by atoms with Gasteiger partial charge in [0.25, 0.3) is 0 Å². The van der Waals surface area contributed by atoms with Gasteiger partial charge in [-0.2, -0.15) is 0 Å². The Kier molecular flexibility index (Phi) is 7.13. The van der Waals surface area contributed by atoms with Gasteiger partial charge in [0.1, 0.15) is 9.84 Å². The molecule has 5 heteroatoms. The van der Waals surface area contributed by atoms with E-state index in [-0.39, 0.29) is 5.75 Å². The third kappa shape index (κ3) is 7.29. The van der Waals surface area contributed by atoms with E-state index in [9.17, 15) is 8.42 Å². The van der Waals surface area contributed by atoms with E-state index in [0.29, 0.717) is 5.75 Å². The normalized spacial score (nSPS) is 12.3. The van der Waals surface area contributed by atoms with E-state index in [1.807, 2.05) is 14.1 Å². The number of hydrogen-bond acceptors (Lipinski definition) is 4. The van der Waals surface area contributed by atoms with Gasteiger partial charge in [-0.05, 0) is 27.1 Å². The fourth-order valence-corrected chi connectivity index (χ4v) is 1.97. The van der Waals surface area contributed by atoms with Crippen molar-refractivity contribution in [3.8, 4) is 0 Å². The summed E-state index contributed by atoms with van der Waals surface area (Å²) in [5, 5.41) is 3.06. The molecule has 0 bridgehead atoms. The smallest absolute Gasteiger partial charge is 0.150 e. The van der Waals surface area contributed by atoms with Crippen LogP contribution in [0.25, 0.3) is 0 Å². The summed E-state index contributed by atoms with van der Waals surface area (Å²) >= 11 is 0. The van der Waals surface area contributed by atoms with Crippen LogP contribution in [0.4, 0.5) is 0 Å². The zero-order chi connectivity index (χ0) is 11.0. The van der Waals surface area contributed by atoms with Crippen LogP contribution < -0.4 is 5.32 Å². The highest BCUT2D eigenvalue weighted by atomic mass is 32.2. The van der Waals surface area contributed by atoms with Crippen LogP contribution in [0.2, 0.25) is 0 Å². The van der Waals surface area contributed by atoms with E-state index in [4.69, 9.17) is 0 Å². The molecule has 0 aliphatic carbocycles. The lowest BCUT2D eigenvalue weighted by Gasteiger charge is -2.15. The lowest BCUT2D eigenvalue weighted by Crippen LogP contribution is -2.29. The van der Waals surface area contributed by atoms with Gasteiger partial charge in [0, 0.05) is 18.8 Å². The second-order valence-corrected chi connectivity index (χ2v) is 5.97. The summed E-state index contributed by atoms with van der Waals surface area (Å²) in [5.74, 6) is 0.570. The molecule has 0 atom stereocenters. The molecular formula is C9H22N2O2S. The van der Waals surface area contributed by atoms with Crippen LogP contribution >= 0.6 is 0 Å². The molecule has 1 N–H and O–H groups in total. The summed E-state index contributed by atoms with van der Waals surface area (Å²) in [6.45, 7) is 4.45. The van der Waals surface area contributed by atoms with E-state index in [1.165, 1.54) is 0 Å². The highest BCUT2D eigenvalue weighted by Gasteiger charge is 2.07. The number of hydrogen-bond donors (Lipinski definition) is 1. The third-order valence-corrected chi connectivity index (χ3v) is 3.97. The molecule has 0 aromatic carbocycles. The molecule has 0 spiro atoms. The van der Waals surface area contributed by atoms with Crippen LogP contribution in [0.5, 0.6) is 0 Å². The minimum Gasteiger partial charge on any atom is -0.318 e. The first-order valence-electron chi connectivity index (χ1n) is 5.05. The van der Waals surface area contributed by atoms with Gasteiger partial charge in [-0.1, -0.05) is 6.92 Å². The third-order valence-electron chi connectivity index (χ3n) is 2.18. The maximum Gasteiger partial charge on any atom is 0.150 e. The molecular weight excluding hydrogens is 200 g/mol. The number of sulfone groups is 1. The van der Waals surface area contributed by atoms with Gasteiger partial charge in [0.05, 0.1) is 5.75 Å². The topological polar surface area (TPSA) is 49.4 Å². The maximum absolute atomic E-state index is 11.2. The van der Waals surface area contributed by atoms with Crippen molar-refractivity contribution < 1.29 is 8.42 Å². The van der Waals surface area contributed by atoms with E-state index in [2.05, 4.69) is 10.2 Å². The molecule has 0 amide bonds. The molecule has 0 heterocycles. The Morgan fingerprint density at radius 3 is 2.43 bits per heavy atom. The molecule has 86 valence electrons. The van der Waals surface area contributed by atoms with E-state index in [0.717, 1.165) is 26.1 Å². The first-order chi connectivity index (χ1) is 6.52. The average molecular weight is 222 g/mol. The summed E-state index contributed by atoms with van der Waals surface area (Å²) in [6, 6.07) is 0. The number of likely N-dealkylation sites (N-methyl/N-ethyl adjacent to an activating group) is 2. The van der Waals surface area contributed by atoms with Crippen molar-refractivity contribution in [3.63, 3.8) is 0 Å². The summed E-state index contributed by atoms with van der Waals surface area (Å²) < 4.78 is 22.3. The Bertz CT molecular complexity index is 227. The lowest BCUT2D eigenvalue weighted by atomic mass is 10.4. The van der Waals surface area contributed by atoms with Gasteiger partial charge >= 0.3 is 0 Å². The molecule has 4 nitrogen and oxygen atoms in total. The van der Waals surface area contributed by atoms with E-state index >= 15 is 0 Å².